The van der Waals surface area contributed by atoms with Gasteiger partial charge in [0.15, 0.2) is 0 Å². The summed E-state index contributed by atoms with van der Waals surface area (Å²) in [6.07, 6.45) is 1.50. The van der Waals surface area contributed by atoms with Crippen LogP contribution in [0.15, 0.2) is 64.3 Å². The van der Waals surface area contributed by atoms with Crippen molar-refractivity contribution >= 4 is 11.9 Å². The van der Waals surface area contributed by atoms with Crippen LogP contribution in [0.1, 0.15) is 38.3 Å². The molecule has 2 aromatic carbocycles. The molecule has 170 valence electrons. The van der Waals surface area contributed by atoms with E-state index in [1.807, 2.05) is 0 Å². The van der Waals surface area contributed by atoms with E-state index in [2.05, 4.69) is 0 Å². The number of hydrogen-bond acceptors (Lipinski definition) is 7. The molecule has 9 nitrogen and oxygen atoms in total. The first-order valence-corrected chi connectivity index (χ1v) is 10.4. The Balaban J connectivity index is 1.80. The van der Waals surface area contributed by atoms with Gasteiger partial charge in [-0.1, -0.05) is 24.3 Å². The smallest absolute Gasteiger partial charge is 0.342 e. The Morgan fingerprint density at radius 3 is 2.58 bits per heavy atom. The molecule has 0 aliphatic carbocycles. The van der Waals surface area contributed by atoms with Gasteiger partial charge < -0.3 is 14.6 Å². The second-order valence-electron chi connectivity index (χ2n) is 7.67. The number of aryl methyl sites for hydroxylation is 1. The number of carbonyl (C=O) groups excluding carboxylic acids is 2. The molecule has 1 saturated heterocycles. The Labute approximate surface area is 188 Å². The van der Waals surface area contributed by atoms with Crippen LogP contribution in [0.25, 0.3) is 5.69 Å². The number of carbonyl (C=O) groups is 2. The zero-order valence-corrected chi connectivity index (χ0v) is 17.9. The van der Waals surface area contributed by atoms with Crippen LogP contribution in [0, 0.1) is 6.92 Å². The SMILES string of the molecule is Cc1cn(-c2ccc(CO)c(C(=O)OC3CCOC3)c2)c(=O)n(C(=O)c2ccccc2)c1=O. The molecule has 0 spiro atoms. The first-order chi connectivity index (χ1) is 15.9. The number of nitrogens with zero attached hydrogens (tertiary/aromatic N) is 2. The molecule has 4 rings (SSSR count). The third-order valence-electron chi connectivity index (χ3n) is 5.41. The summed E-state index contributed by atoms with van der Waals surface area (Å²) < 4.78 is 12.4. The van der Waals surface area contributed by atoms with E-state index in [1.54, 1.807) is 18.2 Å². The maximum Gasteiger partial charge on any atom is 0.342 e. The number of aliphatic hydroxyl groups is 1. The number of benzene rings is 2. The first kappa shape index (κ1) is 22.4. The van der Waals surface area contributed by atoms with Crippen molar-refractivity contribution in [3.05, 3.63) is 97.8 Å². The van der Waals surface area contributed by atoms with Gasteiger partial charge in [0.1, 0.15) is 6.10 Å². The average molecular weight is 450 g/mol. The zero-order chi connectivity index (χ0) is 23.5. The Morgan fingerprint density at radius 1 is 1.15 bits per heavy atom. The summed E-state index contributed by atoms with van der Waals surface area (Å²) in [6, 6.07) is 12.4. The molecule has 33 heavy (non-hydrogen) atoms. The van der Waals surface area contributed by atoms with Crippen LogP contribution in [0.3, 0.4) is 0 Å². The second kappa shape index (κ2) is 9.35. The lowest BCUT2D eigenvalue weighted by Gasteiger charge is -2.15. The van der Waals surface area contributed by atoms with E-state index in [-0.39, 0.29) is 28.5 Å². The van der Waals surface area contributed by atoms with E-state index in [4.69, 9.17) is 9.47 Å². The minimum absolute atomic E-state index is 0.0820. The van der Waals surface area contributed by atoms with Crippen LogP contribution in [0.5, 0.6) is 0 Å². The molecule has 1 unspecified atom stereocenters. The third kappa shape index (κ3) is 4.41. The predicted molar refractivity (Wildman–Crippen MR) is 118 cm³/mol. The molecule has 1 N–H and O–H groups in total. The van der Waals surface area contributed by atoms with Gasteiger partial charge >= 0.3 is 11.7 Å². The minimum atomic E-state index is -0.875. The molecule has 3 aromatic rings. The molecule has 0 amide bonds. The number of rotatable bonds is 5. The van der Waals surface area contributed by atoms with Gasteiger partial charge in [0, 0.05) is 23.7 Å². The highest BCUT2D eigenvalue weighted by atomic mass is 16.6. The summed E-state index contributed by atoms with van der Waals surface area (Å²) in [5.74, 6) is -1.41. The van der Waals surface area contributed by atoms with Gasteiger partial charge in [0.25, 0.3) is 11.5 Å². The number of esters is 1. The minimum Gasteiger partial charge on any atom is -0.456 e. The van der Waals surface area contributed by atoms with Crippen molar-refractivity contribution in [1.82, 2.24) is 9.13 Å². The van der Waals surface area contributed by atoms with Crippen LogP contribution in [0.2, 0.25) is 0 Å². The van der Waals surface area contributed by atoms with Gasteiger partial charge in [-0.25, -0.2) is 9.59 Å². The van der Waals surface area contributed by atoms with Crippen molar-refractivity contribution in [3.8, 4) is 5.69 Å². The zero-order valence-electron chi connectivity index (χ0n) is 17.9. The normalized spacial score (nSPS) is 15.4. The maximum atomic E-state index is 13.2. The average Bonchev–Trinajstić information content (AvgIpc) is 3.34. The van der Waals surface area contributed by atoms with Crippen LogP contribution < -0.4 is 11.2 Å². The quantitative estimate of drug-likeness (QED) is 0.585. The van der Waals surface area contributed by atoms with Gasteiger partial charge in [-0.2, -0.15) is 4.57 Å². The predicted octanol–water partition coefficient (Wildman–Crippen LogP) is 1.43. The van der Waals surface area contributed by atoms with Crippen molar-refractivity contribution in [2.75, 3.05) is 13.2 Å². The summed E-state index contributed by atoms with van der Waals surface area (Å²) in [7, 11) is 0. The molecule has 1 atom stereocenters. The third-order valence-corrected chi connectivity index (χ3v) is 5.41. The molecule has 0 saturated carbocycles. The second-order valence-corrected chi connectivity index (χ2v) is 7.67. The Morgan fingerprint density at radius 2 is 1.91 bits per heavy atom. The van der Waals surface area contributed by atoms with E-state index in [0.717, 1.165) is 4.57 Å². The van der Waals surface area contributed by atoms with Crippen molar-refractivity contribution < 1.29 is 24.2 Å². The van der Waals surface area contributed by atoms with E-state index >= 15 is 0 Å². The van der Waals surface area contributed by atoms with Gasteiger partial charge in [-0.3, -0.25) is 14.2 Å². The van der Waals surface area contributed by atoms with Crippen molar-refractivity contribution in [3.63, 3.8) is 0 Å². The van der Waals surface area contributed by atoms with E-state index in [9.17, 15) is 24.3 Å². The molecule has 0 bridgehead atoms. The van der Waals surface area contributed by atoms with Crippen molar-refractivity contribution in [2.45, 2.75) is 26.1 Å². The summed E-state index contributed by atoms with van der Waals surface area (Å²) in [5.41, 5.74) is -0.605. The van der Waals surface area contributed by atoms with Crippen LogP contribution in [-0.4, -0.2) is 45.4 Å². The molecule has 1 aliphatic rings. The molecular formula is C24H22N2O7. The molecule has 0 radical (unpaired) electrons. The fraction of sp³-hybridized carbons (Fsp3) is 0.250. The van der Waals surface area contributed by atoms with E-state index in [0.29, 0.717) is 29.8 Å². The van der Waals surface area contributed by atoms with Gasteiger partial charge in [0.05, 0.1) is 31.1 Å². The van der Waals surface area contributed by atoms with Gasteiger partial charge in [-0.05, 0) is 36.8 Å². The number of hydrogen-bond donors (Lipinski definition) is 1. The van der Waals surface area contributed by atoms with Gasteiger partial charge in [-0.15, -0.1) is 0 Å². The van der Waals surface area contributed by atoms with Crippen molar-refractivity contribution in [2.24, 2.45) is 0 Å². The monoisotopic (exact) mass is 450 g/mol. The van der Waals surface area contributed by atoms with E-state index in [1.165, 1.54) is 43.5 Å². The number of aliphatic hydroxyl groups excluding tert-OH is 1. The standard InChI is InChI=1S/C24H22N2O7/c1-15-12-25(24(31)26(21(15)28)22(29)16-5-3-2-4-6-16)18-8-7-17(13-27)20(11-18)23(30)33-19-9-10-32-14-19/h2-8,11-12,19,27H,9-10,13-14H2,1H3. The van der Waals surface area contributed by atoms with E-state index < -0.39 is 29.7 Å². The van der Waals surface area contributed by atoms with Crippen LogP contribution >= 0.6 is 0 Å². The van der Waals surface area contributed by atoms with Crippen LogP contribution in [0.4, 0.5) is 0 Å². The molecule has 2 heterocycles. The Hall–Kier alpha value is -3.82. The lowest BCUT2D eigenvalue weighted by Crippen LogP contribution is -2.44. The van der Waals surface area contributed by atoms with Gasteiger partial charge in [0.2, 0.25) is 0 Å². The summed E-state index contributed by atoms with van der Waals surface area (Å²) in [6.45, 7) is 1.87. The highest BCUT2D eigenvalue weighted by Crippen LogP contribution is 2.19. The van der Waals surface area contributed by atoms with Crippen molar-refractivity contribution in [1.29, 1.82) is 0 Å². The fourth-order valence-corrected chi connectivity index (χ4v) is 3.61. The maximum absolute atomic E-state index is 13.2. The lowest BCUT2D eigenvalue weighted by molar-refractivity contribution is 0.0267. The molecule has 1 fully saturated rings. The lowest BCUT2D eigenvalue weighted by atomic mass is 10.1. The molecule has 1 aromatic heterocycles. The Bertz CT molecular complexity index is 1320. The number of ether oxygens (including phenoxy) is 2. The molecule has 9 heteroatoms. The van der Waals surface area contributed by atoms with Crippen LogP contribution in [-0.2, 0) is 16.1 Å². The Kier molecular flexibility index (Phi) is 6.34. The number of aromatic nitrogens is 2. The topological polar surface area (TPSA) is 117 Å². The molecular weight excluding hydrogens is 428 g/mol. The summed E-state index contributed by atoms with van der Waals surface area (Å²) in [5, 5.41) is 9.68. The highest BCUT2D eigenvalue weighted by molar-refractivity contribution is 5.95. The highest BCUT2D eigenvalue weighted by Gasteiger charge is 2.24. The summed E-state index contributed by atoms with van der Waals surface area (Å²) >= 11 is 0. The largest absolute Gasteiger partial charge is 0.456 e. The fourth-order valence-electron chi connectivity index (χ4n) is 3.61. The summed E-state index contributed by atoms with van der Waals surface area (Å²) in [4.78, 5) is 51.5. The first-order valence-electron chi connectivity index (χ1n) is 10.4. The molecule has 1 aliphatic heterocycles.